The second-order valence-electron chi connectivity index (χ2n) is 11.3. The molecule has 0 spiro atoms. The molecule has 252 valence electrons. The standard InChI is InChI=1S/C28H30F8N6O4/c1-26(2,45)24(44)37-11-13-3-8-17(28(34,35)36)18(9-13)39-25-40-19-10-16(23(41-21(19)42-25)46-12-20(29)30)22(43)38-15-6-4-14(5-7-15)27(31,32)33/h3,8-10,14-15,20,45H,4-7,11-12H2,1-2H3,(H,37,44)(H,38,43)(H2,39,40,41,42)/t14-,15-. The number of pyridine rings is 1. The van der Waals surface area contributed by atoms with Crippen molar-refractivity contribution in [3.8, 4) is 5.88 Å². The van der Waals surface area contributed by atoms with Crippen LogP contribution in [0.1, 0.15) is 61.0 Å². The SMILES string of the molecule is CC(C)(O)C(=O)NCc1ccc(C(F)(F)F)c(Nc2nc3cc(C(=O)N[C@H]4CC[C@H](C(F)(F)F)CC4)c(OCC(F)F)nc3[nH]2)c1. The van der Waals surface area contributed by atoms with Crippen LogP contribution in [0.5, 0.6) is 5.88 Å². The predicted octanol–water partition coefficient (Wildman–Crippen LogP) is 5.60. The Bertz CT molecular complexity index is 1560. The van der Waals surface area contributed by atoms with Gasteiger partial charge in [-0.15, -0.1) is 0 Å². The van der Waals surface area contributed by atoms with Crippen molar-refractivity contribution in [2.75, 3.05) is 11.9 Å². The van der Waals surface area contributed by atoms with Gasteiger partial charge < -0.3 is 30.8 Å². The molecular weight excluding hydrogens is 636 g/mol. The molecule has 4 rings (SSSR count). The Kier molecular flexibility index (Phi) is 9.98. The minimum absolute atomic E-state index is 0.0251. The predicted molar refractivity (Wildman–Crippen MR) is 148 cm³/mol. The zero-order valence-electron chi connectivity index (χ0n) is 24.4. The first kappa shape index (κ1) is 34.6. The van der Waals surface area contributed by atoms with Gasteiger partial charge in [0.2, 0.25) is 11.8 Å². The van der Waals surface area contributed by atoms with Gasteiger partial charge in [-0.25, -0.2) is 13.8 Å². The molecule has 18 heteroatoms. The van der Waals surface area contributed by atoms with Crippen molar-refractivity contribution >= 4 is 34.6 Å². The fraction of sp³-hybridized carbons (Fsp3) is 0.500. The van der Waals surface area contributed by atoms with Crippen molar-refractivity contribution in [1.82, 2.24) is 25.6 Å². The van der Waals surface area contributed by atoms with Crippen LogP contribution in [0.2, 0.25) is 0 Å². The number of anilines is 2. The van der Waals surface area contributed by atoms with Gasteiger partial charge in [0.05, 0.1) is 17.2 Å². The number of carbonyl (C=O) groups excluding carboxylic acids is 2. The summed E-state index contributed by atoms with van der Waals surface area (Å²) in [6.45, 7) is 1.09. The fourth-order valence-electron chi connectivity index (χ4n) is 4.80. The number of nitrogens with one attached hydrogen (secondary N) is 4. The van der Waals surface area contributed by atoms with Crippen molar-refractivity contribution in [3.63, 3.8) is 0 Å². The average molecular weight is 667 g/mol. The van der Waals surface area contributed by atoms with E-state index in [-0.39, 0.29) is 60.5 Å². The van der Waals surface area contributed by atoms with E-state index >= 15 is 0 Å². The zero-order chi connectivity index (χ0) is 34.0. The van der Waals surface area contributed by atoms with E-state index in [4.69, 9.17) is 4.74 Å². The van der Waals surface area contributed by atoms with Gasteiger partial charge in [0.25, 0.3) is 18.2 Å². The molecule has 1 aliphatic carbocycles. The highest BCUT2D eigenvalue weighted by molar-refractivity contribution is 5.99. The van der Waals surface area contributed by atoms with Gasteiger partial charge in [-0.1, -0.05) is 6.07 Å². The van der Waals surface area contributed by atoms with E-state index < -0.39 is 71.9 Å². The number of H-pyrrole nitrogens is 1. The number of hydrogen-bond acceptors (Lipinski definition) is 7. The minimum Gasteiger partial charge on any atom is -0.471 e. The highest BCUT2D eigenvalue weighted by Crippen LogP contribution is 2.38. The maximum Gasteiger partial charge on any atom is 0.418 e. The largest absolute Gasteiger partial charge is 0.471 e. The molecule has 0 atom stereocenters. The van der Waals surface area contributed by atoms with Crippen molar-refractivity contribution in [1.29, 1.82) is 0 Å². The van der Waals surface area contributed by atoms with Crippen LogP contribution in [0.15, 0.2) is 24.3 Å². The first-order valence-electron chi connectivity index (χ1n) is 14.0. The Hall–Kier alpha value is -4.22. The number of fused-ring (bicyclic) bond motifs is 1. The Morgan fingerprint density at radius 3 is 2.30 bits per heavy atom. The van der Waals surface area contributed by atoms with Gasteiger partial charge in [0, 0.05) is 12.6 Å². The van der Waals surface area contributed by atoms with E-state index in [0.29, 0.717) is 0 Å². The topological polar surface area (TPSA) is 141 Å². The molecule has 1 fully saturated rings. The summed E-state index contributed by atoms with van der Waals surface area (Å²) in [7, 11) is 0. The third-order valence-electron chi connectivity index (χ3n) is 7.20. The van der Waals surface area contributed by atoms with Crippen molar-refractivity contribution in [3.05, 3.63) is 41.0 Å². The van der Waals surface area contributed by atoms with Crippen molar-refractivity contribution in [2.24, 2.45) is 5.92 Å². The first-order chi connectivity index (χ1) is 21.3. The average Bonchev–Trinajstić information content (AvgIpc) is 3.34. The number of rotatable bonds is 10. The lowest BCUT2D eigenvalue weighted by atomic mass is 9.85. The van der Waals surface area contributed by atoms with Crippen LogP contribution in [0, 0.1) is 5.92 Å². The number of benzene rings is 1. The lowest BCUT2D eigenvalue weighted by Gasteiger charge is -2.30. The molecule has 46 heavy (non-hydrogen) atoms. The molecule has 1 aliphatic rings. The summed E-state index contributed by atoms with van der Waals surface area (Å²) in [5.74, 6) is -3.96. The third kappa shape index (κ3) is 8.73. The first-order valence-corrected chi connectivity index (χ1v) is 14.0. The Morgan fingerprint density at radius 1 is 1.04 bits per heavy atom. The summed E-state index contributed by atoms with van der Waals surface area (Å²) in [6, 6.07) is 3.47. The number of hydrogen-bond donors (Lipinski definition) is 5. The van der Waals surface area contributed by atoms with Gasteiger partial charge in [0.15, 0.2) is 12.3 Å². The van der Waals surface area contributed by atoms with Crippen LogP contribution in [-0.4, -0.2) is 62.7 Å². The Morgan fingerprint density at radius 2 is 1.72 bits per heavy atom. The van der Waals surface area contributed by atoms with Gasteiger partial charge in [-0.05, 0) is 63.3 Å². The molecule has 2 heterocycles. The number of amides is 2. The van der Waals surface area contributed by atoms with Crippen molar-refractivity contribution in [2.45, 2.75) is 76.5 Å². The quantitative estimate of drug-likeness (QED) is 0.178. The molecule has 0 saturated heterocycles. The second-order valence-corrected chi connectivity index (χ2v) is 11.3. The molecule has 5 N–H and O–H groups in total. The molecule has 2 aromatic heterocycles. The number of aromatic amines is 1. The summed E-state index contributed by atoms with van der Waals surface area (Å²) in [5, 5.41) is 17.2. The highest BCUT2D eigenvalue weighted by Gasteiger charge is 2.41. The number of nitrogens with zero attached hydrogens (tertiary/aromatic N) is 2. The highest BCUT2D eigenvalue weighted by atomic mass is 19.4. The molecule has 0 unspecified atom stereocenters. The van der Waals surface area contributed by atoms with Gasteiger partial charge in [-0.3, -0.25) is 9.59 Å². The monoisotopic (exact) mass is 666 g/mol. The van der Waals surface area contributed by atoms with Crippen molar-refractivity contribution < 1.29 is 54.6 Å². The number of carbonyl (C=O) groups is 2. The van der Waals surface area contributed by atoms with E-state index in [1.165, 1.54) is 13.8 Å². The van der Waals surface area contributed by atoms with Crippen LogP contribution < -0.4 is 20.7 Å². The maximum atomic E-state index is 13.8. The number of imidazole rings is 1. The van der Waals surface area contributed by atoms with E-state index in [9.17, 15) is 49.8 Å². The Labute approximate surface area is 256 Å². The minimum atomic E-state index is -4.82. The van der Waals surface area contributed by atoms with E-state index in [0.717, 1.165) is 24.3 Å². The van der Waals surface area contributed by atoms with E-state index in [1.807, 2.05) is 0 Å². The summed E-state index contributed by atoms with van der Waals surface area (Å²) >= 11 is 0. The smallest absolute Gasteiger partial charge is 0.418 e. The summed E-state index contributed by atoms with van der Waals surface area (Å²) in [5.41, 5.74) is -3.65. The van der Waals surface area contributed by atoms with Crippen LogP contribution in [-0.2, 0) is 17.5 Å². The molecule has 1 aromatic carbocycles. The normalized spacial score (nSPS) is 17.7. The molecule has 1 saturated carbocycles. The zero-order valence-corrected chi connectivity index (χ0v) is 24.4. The van der Waals surface area contributed by atoms with Crippen LogP contribution >= 0.6 is 0 Å². The second kappa shape index (κ2) is 13.3. The number of ether oxygens (including phenoxy) is 1. The number of halogens is 8. The summed E-state index contributed by atoms with van der Waals surface area (Å²) in [4.78, 5) is 35.8. The van der Waals surface area contributed by atoms with Gasteiger partial charge in [0.1, 0.15) is 16.7 Å². The lowest BCUT2D eigenvalue weighted by Crippen LogP contribution is -2.41. The Balaban J connectivity index is 1.60. The maximum absolute atomic E-state index is 13.8. The summed E-state index contributed by atoms with van der Waals surface area (Å²) in [6.07, 6.45) is -12.5. The van der Waals surface area contributed by atoms with Crippen LogP contribution in [0.25, 0.3) is 11.2 Å². The van der Waals surface area contributed by atoms with Crippen LogP contribution in [0.4, 0.5) is 46.8 Å². The molecule has 0 bridgehead atoms. The molecule has 3 aromatic rings. The van der Waals surface area contributed by atoms with E-state index in [1.54, 1.807) is 0 Å². The fourth-order valence-corrected chi connectivity index (χ4v) is 4.80. The van der Waals surface area contributed by atoms with Gasteiger partial charge in [-0.2, -0.15) is 31.3 Å². The summed E-state index contributed by atoms with van der Waals surface area (Å²) < 4.78 is 111. The number of aromatic nitrogens is 3. The van der Waals surface area contributed by atoms with Gasteiger partial charge >= 0.3 is 12.4 Å². The third-order valence-corrected chi connectivity index (χ3v) is 7.20. The number of aliphatic hydroxyl groups is 1. The number of alkyl halides is 8. The molecular formula is C28H30F8N6O4. The molecule has 10 nitrogen and oxygen atoms in total. The van der Waals surface area contributed by atoms with E-state index in [2.05, 4.69) is 30.9 Å². The lowest BCUT2D eigenvalue weighted by molar-refractivity contribution is -0.182. The molecule has 2 amide bonds. The molecule has 0 aliphatic heterocycles. The molecule has 0 radical (unpaired) electrons. The van der Waals surface area contributed by atoms with Crippen LogP contribution in [0.3, 0.4) is 0 Å².